The van der Waals surface area contributed by atoms with Crippen molar-refractivity contribution in [1.82, 2.24) is 29.9 Å². The lowest BCUT2D eigenvalue weighted by molar-refractivity contribution is 0.317. The van der Waals surface area contributed by atoms with Gasteiger partial charge in [0, 0.05) is 17.0 Å². The largest absolute Gasteiger partial charge is 0.339 e. The topological polar surface area (TPSA) is 82.5 Å². The zero-order valence-corrected chi connectivity index (χ0v) is 12.3. The van der Waals surface area contributed by atoms with Crippen molar-refractivity contribution in [3.63, 3.8) is 0 Å². The number of aromatic nitrogens is 6. The molecule has 7 nitrogen and oxygen atoms in total. The summed E-state index contributed by atoms with van der Waals surface area (Å²) in [5, 5.41) is 11.0. The minimum Gasteiger partial charge on any atom is -0.339 e. The molecule has 0 aliphatic carbocycles. The summed E-state index contributed by atoms with van der Waals surface area (Å²) in [6, 6.07) is 0. The molecule has 0 saturated heterocycles. The lowest BCUT2D eigenvalue weighted by atomic mass is 9.97. The van der Waals surface area contributed by atoms with Crippen molar-refractivity contribution >= 4 is 11.3 Å². The molecule has 104 valence electrons. The Balaban J connectivity index is 1.77. The predicted octanol–water partition coefficient (Wildman–Crippen LogP) is 2.13. The first kappa shape index (κ1) is 12.9. The van der Waals surface area contributed by atoms with Crippen LogP contribution in [0.3, 0.4) is 0 Å². The molecular formula is C12H14N6OS. The van der Waals surface area contributed by atoms with Crippen LogP contribution in [-0.4, -0.2) is 29.9 Å². The number of nitrogens with zero attached hydrogens (tertiary/aromatic N) is 6. The highest BCUT2D eigenvalue weighted by atomic mass is 32.1. The number of hydrogen-bond acceptors (Lipinski definition) is 7. The van der Waals surface area contributed by atoms with Gasteiger partial charge in [-0.25, -0.2) is 14.6 Å². The van der Waals surface area contributed by atoms with Gasteiger partial charge in [-0.2, -0.15) is 4.98 Å². The van der Waals surface area contributed by atoms with Crippen LogP contribution in [0, 0.1) is 0 Å². The molecule has 0 fully saturated rings. The lowest BCUT2D eigenvalue weighted by Gasteiger charge is -2.10. The van der Waals surface area contributed by atoms with Gasteiger partial charge in [0.1, 0.15) is 12.9 Å². The zero-order chi connectivity index (χ0) is 14.2. The second-order valence-corrected chi connectivity index (χ2v) is 6.26. The molecule has 0 saturated carbocycles. The maximum absolute atomic E-state index is 5.25. The van der Waals surface area contributed by atoms with Crippen molar-refractivity contribution in [3.05, 3.63) is 29.6 Å². The van der Waals surface area contributed by atoms with E-state index in [0.29, 0.717) is 24.1 Å². The third-order valence-corrected chi connectivity index (χ3v) is 3.34. The van der Waals surface area contributed by atoms with E-state index in [4.69, 9.17) is 4.52 Å². The average Bonchev–Trinajstić information content (AvgIpc) is 3.08. The number of hydrogen-bond donors (Lipinski definition) is 0. The van der Waals surface area contributed by atoms with Gasteiger partial charge in [0.2, 0.25) is 11.7 Å². The SMILES string of the molecule is CC(C)(C)c1nc(Cn2cnc(-c3nccs3)n2)no1. The van der Waals surface area contributed by atoms with Crippen LogP contribution in [-0.2, 0) is 12.0 Å². The molecule has 0 N–H and O–H groups in total. The van der Waals surface area contributed by atoms with E-state index in [1.165, 1.54) is 11.3 Å². The summed E-state index contributed by atoms with van der Waals surface area (Å²) in [5.74, 6) is 1.82. The Kier molecular flexibility index (Phi) is 3.09. The Morgan fingerprint density at radius 1 is 1.30 bits per heavy atom. The maximum atomic E-state index is 5.25. The minimum absolute atomic E-state index is 0.153. The van der Waals surface area contributed by atoms with Crippen molar-refractivity contribution in [2.45, 2.75) is 32.7 Å². The molecule has 20 heavy (non-hydrogen) atoms. The van der Waals surface area contributed by atoms with Crippen molar-refractivity contribution in [2.24, 2.45) is 0 Å². The quantitative estimate of drug-likeness (QED) is 0.735. The first-order valence-corrected chi connectivity index (χ1v) is 7.03. The Morgan fingerprint density at radius 2 is 2.15 bits per heavy atom. The molecule has 8 heteroatoms. The van der Waals surface area contributed by atoms with Gasteiger partial charge in [-0.15, -0.1) is 16.4 Å². The van der Waals surface area contributed by atoms with Gasteiger partial charge < -0.3 is 4.52 Å². The molecule has 0 atom stereocenters. The Bertz CT molecular complexity index is 694. The highest BCUT2D eigenvalue weighted by Crippen LogP contribution is 2.20. The lowest BCUT2D eigenvalue weighted by Crippen LogP contribution is -2.12. The van der Waals surface area contributed by atoms with Crippen molar-refractivity contribution in [3.8, 4) is 10.8 Å². The molecule has 0 aliphatic heterocycles. The highest BCUT2D eigenvalue weighted by Gasteiger charge is 2.21. The van der Waals surface area contributed by atoms with Crippen LogP contribution >= 0.6 is 11.3 Å². The second-order valence-electron chi connectivity index (χ2n) is 5.37. The van der Waals surface area contributed by atoms with E-state index in [1.54, 1.807) is 17.2 Å². The minimum atomic E-state index is -0.153. The molecule has 0 spiro atoms. The summed E-state index contributed by atoms with van der Waals surface area (Å²) in [4.78, 5) is 12.8. The molecule has 0 unspecified atom stereocenters. The van der Waals surface area contributed by atoms with Gasteiger partial charge in [-0.05, 0) is 0 Å². The van der Waals surface area contributed by atoms with E-state index in [1.807, 2.05) is 26.2 Å². The van der Waals surface area contributed by atoms with Gasteiger partial charge >= 0.3 is 0 Å². The van der Waals surface area contributed by atoms with Crippen LogP contribution in [0.15, 0.2) is 22.4 Å². The molecular weight excluding hydrogens is 276 g/mol. The van der Waals surface area contributed by atoms with Crippen LogP contribution < -0.4 is 0 Å². The van der Waals surface area contributed by atoms with Gasteiger partial charge in [-0.1, -0.05) is 25.9 Å². The molecule has 3 aromatic heterocycles. The van der Waals surface area contributed by atoms with Gasteiger partial charge in [-0.3, -0.25) is 0 Å². The molecule has 0 aliphatic rings. The normalized spacial score (nSPS) is 11.9. The van der Waals surface area contributed by atoms with Crippen molar-refractivity contribution < 1.29 is 4.52 Å². The molecule has 3 rings (SSSR count). The molecule has 0 radical (unpaired) electrons. The maximum Gasteiger partial charge on any atom is 0.232 e. The van der Waals surface area contributed by atoms with Crippen LogP contribution in [0.1, 0.15) is 32.5 Å². The summed E-state index contributed by atoms with van der Waals surface area (Å²) in [7, 11) is 0. The third kappa shape index (κ3) is 2.60. The highest BCUT2D eigenvalue weighted by molar-refractivity contribution is 7.12. The van der Waals surface area contributed by atoms with E-state index < -0.39 is 0 Å². The predicted molar refractivity (Wildman–Crippen MR) is 73.2 cm³/mol. The third-order valence-electron chi connectivity index (χ3n) is 2.57. The van der Waals surface area contributed by atoms with Crippen LogP contribution in [0.4, 0.5) is 0 Å². The smallest absolute Gasteiger partial charge is 0.232 e. The Hall–Kier alpha value is -2.09. The molecule has 0 amide bonds. The van der Waals surface area contributed by atoms with Crippen molar-refractivity contribution in [1.29, 1.82) is 0 Å². The van der Waals surface area contributed by atoms with Gasteiger partial charge in [0.15, 0.2) is 10.8 Å². The van der Waals surface area contributed by atoms with Gasteiger partial charge in [0.25, 0.3) is 0 Å². The number of rotatable bonds is 3. The van der Waals surface area contributed by atoms with E-state index in [0.717, 1.165) is 5.01 Å². The van der Waals surface area contributed by atoms with E-state index >= 15 is 0 Å². The van der Waals surface area contributed by atoms with E-state index in [-0.39, 0.29) is 5.41 Å². The molecule has 0 bridgehead atoms. The van der Waals surface area contributed by atoms with Gasteiger partial charge in [0.05, 0.1) is 0 Å². The summed E-state index contributed by atoms with van der Waals surface area (Å²) in [6.07, 6.45) is 3.37. The summed E-state index contributed by atoms with van der Waals surface area (Å²) >= 11 is 1.50. The van der Waals surface area contributed by atoms with Crippen LogP contribution in [0.25, 0.3) is 10.8 Å². The average molecular weight is 290 g/mol. The summed E-state index contributed by atoms with van der Waals surface area (Å²) in [5.41, 5.74) is -0.153. The van der Waals surface area contributed by atoms with Crippen LogP contribution in [0.2, 0.25) is 0 Å². The molecule has 3 aromatic rings. The van der Waals surface area contributed by atoms with E-state index in [2.05, 4.69) is 25.2 Å². The van der Waals surface area contributed by atoms with Crippen molar-refractivity contribution in [2.75, 3.05) is 0 Å². The summed E-state index contributed by atoms with van der Waals surface area (Å²) in [6.45, 7) is 6.51. The molecule has 0 aromatic carbocycles. The summed E-state index contributed by atoms with van der Waals surface area (Å²) < 4.78 is 6.92. The monoisotopic (exact) mass is 290 g/mol. The molecule has 3 heterocycles. The standard InChI is InChI=1S/C12H14N6OS/c1-12(2,3)11-15-8(17-19-11)6-18-7-14-9(16-18)10-13-4-5-20-10/h4-5,7H,6H2,1-3H3. The second kappa shape index (κ2) is 4.78. The Morgan fingerprint density at radius 3 is 2.80 bits per heavy atom. The first-order valence-electron chi connectivity index (χ1n) is 6.15. The first-order chi connectivity index (χ1) is 9.52. The zero-order valence-electron chi connectivity index (χ0n) is 11.4. The number of thiazole rings is 1. The fourth-order valence-corrected chi connectivity index (χ4v) is 2.14. The fourth-order valence-electron chi connectivity index (χ4n) is 1.57. The van der Waals surface area contributed by atoms with Crippen LogP contribution in [0.5, 0.6) is 0 Å². The van der Waals surface area contributed by atoms with E-state index in [9.17, 15) is 0 Å². The Labute approximate surface area is 119 Å². The fraction of sp³-hybridized carbons (Fsp3) is 0.417.